The molecule has 0 aliphatic heterocycles. The number of rotatable bonds is 9. The molecule has 0 heterocycles. The van der Waals surface area contributed by atoms with E-state index >= 15 is 0 Å². The fourth-order valence-corrected chi connectivity index (χ4v) is 3.97. The first-order valence-electron chi connectivity index (χ1n) is 14.9. The van der Waals surface area contributed by atoms with E-state index in [4.69, 9.17) is 0 Å². The van der Waals surface area contributed by atoms with E-state index in [-0.39, 0.29) is 37.6 Å². The van der Waals surface area contributed by atoms with Crippen LogP contribution in [0.25, 0.3) is 5.32 Å². The molecule has 268 valence electrons. The molecule has 0 aliphatic carbocycles. The van der Waals surface area contributed by atoms with Crippen molar-refractivity contribution < 1.29 is 67.9 Å². The minimum Gasteiger partial charge on any atom is -0.662 e. The zero-order valence-corrected chi connectivity index (χ0v) is 31.1. The Morgan fingerprint density at radius 2 is 0.898 bits per heavy atom. The van der Waals surface area contributed by atoms with Crippen LogP contribution < -0.4 is 0 Å². The second-order valence-electron chi connectivity index (χ2n) is 12.1. The smallest absolute Gasteiger partial charge is 0.417 e. The molecule has 0 fully saturated rings. The zero-order valence-electron chi connectivity index (χ0n) is 28.6. The molecule has 0 radical (unpaired) electrons. The molecule has 0 bridgehead atoms. The summed E-state index contributed by atoms with van der Waals surface area (Å²) >= 11 is 0. The van der Waals surface area contributed by atoms with Crippen molar-refractivity contribution in [2.75, 3.05) is 0 Å². The van der Waals surface area contributed by atoms with Gasteiger partial charge in [0.15, 0.2) is 11.2 Å². The number of halogens is 6. The van der Waals surface area contributed by atoms with Gasteiger partial charge >= 0.3 is 12.4 Å². The van der Waals surface area contributed by atoms with Crippen molar-refractivity contribution >= 4 is 28.5 Å². The zero-order chi connectivity index (χ0) is 36.8. The maximum absolute atomic E-state index is 12.4. The molecule has 2 unspecified atom stereocenters. The topological polar surface area (TPSA) is 99.5 Å². The standard InChI is InChI=1S/2C12H14F3NO.C12H16NO.Zr/c2*1-9(8-11(2,17)12(13,14)15)16-10-6-4-3-5-7-10;1-10(9-12(2,3)14)13-11-7-5-4-6-8-11;/h2*3-7,17H,8H2,1-2H3;4-9,14H,1-3H3;/q;;-1;/b;;10-9-;. The van der Waals surface area contributed by atoms with Crippen molar-refractivity contribution in [3.63, 3.8) is 0 Å². The summed E-state index contributed by atoms with van der Waals surface area (Å²) in [6, 6.07) is 27.0. The number of nitrogens with zero attached hydrogens (tertiary/aromatic N) is 3. The van der Waals surface area contributed by atoms with Gasteiger partial charge in [-0.05, 0) is 65.8 Å². The minimum atomic E-state index is -4.65. The van der Waals surface area contributed by atoms with Gasteiger partial charge in [-0.15, -0.1) is 5.69 Å². The van der Waals surface area contributed by atoms with Gasteiger partial charge in [0.05, 0.1) is 17.0 Å². The average molecular weight is 772 g/mol. The molecule has 0 aromatic heterocycles. The normalized spacial score (nSPS) is 15.2. The van der Waals surface area contributed by atoms with E-state index in [1.54, 1.807) is 80.6 Å². The fraction of sp³-hybridized carbons (Fsp3) is 0.389. The van der Waals surface area contributed by atoms with Crippen LogP contribution in [-0.4, -0.2) is 55.9 Å². The van der Waals surface area contributed by atoms with Crippen LogP contribution in [0.5, 0.6) is 0 Å². The number of aliphatic imine (C=N–C) groups is 2. The molecule has 0 spiro atoms. The van der Waals surface area contributed by atoms with Crippen LogP contribution in [0.1, 0.15) is 61.3 Å². The molecular weight excluding hydrogens is 728 g/mol. The largest absolute Gasteiger partial charge is 0.662 e. The van der Waals surface area contributed by atoms with Gasteiger partial charge in [0.1, 0.15) is 0 Å². The summed E-state index contributed by atoms with van der Waals surface area (Å²) in [5.74, 6) is 0. The van der Waals surface area contributed by atoms with E-state index in [0.717, 1.165) is 25.2 Å². The molecule has 0 saturated heterocycles. The van der Waals surface area contributed by atoms with Crippen molar-refractivity contribution in [3.8, 4) is 0 Å². The second-order valence-corrected chi connectivity index (χ2v) is 12.1. The Balaban J connectivity index is 0.000000702. The fourth-order valence-electron chi connectivity index (χ4n) is 3.97. The van der Waals surface area contributed by atoms with Gasteiger partial charge in [-0.25, -0.2) is 0 Å². The second kappa shape index (κ2) is 19.9. The summed E-state index contributed by atoms with van der Waals surface area (Å²) < 4.78 is 74.6. The molecule has 13 heteroatoms. The molecule has 3 N–H and O–H groups in total. The Bertz CT molecular complexity index is 1390. The van der Waals surface area contributed by atoms with Gasteiger partial charge < -0.3 is 20.6 Å². The van der Waals surface area contributed by atoms with E-state index < -0.39 is 42.0 Å². The van der Waals surface area contributed by atoms with E-state index in [0.29, 0.717) is 11.4 Å². The Morgan fingerprint density at radius 3 is 1.18 bits per heavy atom. The van der Waals surface area contributed by atoms with Gasteiger partial charge in [-0.1, -0.05) is 79.7 Å². The number of hydrogen-bond donors (Lipinski definition) is 3. The van der Waals surface area contributed by atoms with Crippen LogP contribution in [0.2, 0.25) is 0 Å². The van der Waals surface area contributed by atoms with Crippen molar-refractivity contribution in [2.45, 2.75) is 90.5 Å². The van der Waals surface area contributed by atoms with Gasteiger partial charge in [0, 0.05) is 50.5 Å². The van der Waals surface area contributed by atoms with Crippen molar-refractivity contribution in [1.82, 2.24) is 0 Å². The number of allylic oxidation sites excluding steroid dienone is 1. The molecule has 6 nitrogen and oxygen atoms in total. The van der Waals surface area contributed by atoms with Crippen LogP contribution in [-0.2, 0) is 26.2 Å². The molecule has 3 aromatic carbocycles. The van der Waals surface area contributed by atoms with E-state index in [9.17, 15) is 41.7 Å². The molecule has 0 amide bonds. The SMILES string of the molecule is C/C(=C/C(C)(C)O)[N-]c1ccccc1.CC(CC(C)(O)C(F)(F)F)=Nc1ccccc1.CC(CC(C)(O)C(F)(F)F)=Nc1ccccc1.[Zr]. The first-order valence-corrected chi connectivity index (χ1v) is 14.9. The van der Waals surface area contributed by atoms with E-state index in [1.165, 1.54) is 13.8 Å². The van der Waals surface area contributed by atoms with Gasteiger partial charge in [0.2, 0.25) is 0 Å². The number of alkyl halides is 6. The van der Waals surface area contributed by atoms with Crippen LogP contribution in [0.4, 0.5) is 43.4 Å². The molecule has 49 heavy (non-hydrogen) atoms. The van der Waals surface area contributed by atoms with E-state index in [1.807, 2.05) is 37.3 Å². The Morgan fingerprint density at radius 1 is 0.592 bits per heavy atom. The maximum Gasteiger partial charge on any atom is 0.417 e. The summed E-state index contributed by atoms with van der Waals surface area (Å²) in [7, 11) is 0. The van der Waals surface area contributed by atoms with Crippen LogP contribution in [0.3, 0.4) is 0 Å². The Kier molecular flexibility index (Phi) is 18.6. The predicted octanol–water partition coefficient (Wildman–Crippen LogP) is 10.3. The third-order valence-corrected chi connectivity index (χ3v) is 6.20. The van der Waals surface area contributed by atoms with Crippen LogP contribution in [0, 0.1) is 0 Å². The Hall–Kier alpha value is -3.12. The quantitative estimate of drug-likeness (QED) is 0.149. The summed E-state index contributed by atoms with van der Waals surface area (Å²) in [4.78, 5) is 8.03. The molecule has 0 aliphatic rings. The van der Waals surface area contributed by atoms with Gasteiger partial charge in [-0.3, -0.25) is 9.98 Å². The van der Waals surface area contributed by atoms with Gasteiger partial charge in [-0.2, -0.15) is 32.0 Å². The Labute approximate surface area is 303 Å². The monoisotopic (exact) mass is 770 g/mol. The molecule has 3 rings (SSSR count). The maximum atomic E-state index is 12.4. The van der Waals surface area contributed by atoms with Crippen LogP contribution in [0.15, 0.2) is 113 Å². The van der Waals surface area contributed by atoms with Crippen LogP contribution >= 0.6 is 0 Å². The molecule has 0 saturated carbocycles. The number of benzene rings is 3. The number of hydrogen-bond acceptors (Lipinski definition) is 5. The van der Waals surface area contributed by atoms with E-state index in [2.05, 4.69) is 15.3 Å². The molecule has 3 aromatic rings. The minimum absolute atomic E-state index is 0. The predicted molar refractivity (Wildman–Crippen MR) is 181 cm³/mol. The third kappa shape index (κ3) is 19.0. The summed E-state index contributed by atoms with van der Waals surface area (Å²) in [5.41, 5.74) is -2.94. The number of aliphatic hydroxyl groups is 3. The van der Waals surface area contributed by atoms with Crippen molar-refractivity contribution in [2.24, 2.45) is 9.98 Å². The average Bonchev–Trinajstić information content (AvgIpc) is 2.92. The first-order chi connectivity index (χ1) is 21.9. The summed E-state index contributed by atoms with van der Waals surface area (Å²) in [6.07, 6.45) is -8.64. The molecule has 2 atom stereocenters. The third-order valence-electron chi connectivity index (χ3n) is 6.20. The summed E-state index contributed by atoms with van der Waals surface area (Å²) in [6.45, 7) is 9.77. The first kappa shape index (κ1) is 45.9. The number of para-hydroxylation sites is 3. The summed E-state index contributed by atoms with van der Waals surface area (Å²) in [5, 5.41) is 32.5. The van der Waals surface area contributed by atoms with Crippen molar-refractivity contribution in [1.29, 1.82) is 0 Å². The van der Waals surface area contributed by atoms with Gasteiger partial charge in [0.25, 0.3) is 0 Å². The van der Waals surface area contributed by atoms with Crippen molar-refractivity contribution in [3.05, 3.63) is 108 Å². The molecular formula is C36H44F6N3O3Zr-.